The lowest BCUT2D eigenvalue weighted by Gasteiger charge is -2.38. The minimum absolute atomic E-state index is 0.241. The molecule has 1 saturated heterocycles. The molecule has 1 fully saturated rings. The largest absolute Gasteiger partial charge is 0.469 e. The Labute approximate surface area is 112 Å². The number of rotatable bonds is 2. The number of nitrogens with one attached hydrogen (secondary N) is 1. The molecule has 2 rings (SSSR count). The SMILES string of the molecule is CCC1=C[C@H](CC)[C@@]2(C#N)C(=N)O[C@H]1C2(C#N)C#N. The van der Waals surface area contributed by atoms with Gasteiger partial charge in [-0.05, 0) is 18.4 Å². The highest BCUT2D eigenvalue weighted by Crippen LogP contribution is 2.60. The number of allylic oxidation sites excluding steroid dienone is 1. The van der Waals surface area contributed by atoms with Crippen molar-refractivity contribution in [1.82, 2.24) is 0 Å². The molecule has 0 unspecified atom stereocenters. The van der Waals surface area contributed by atoms with Crippen LogP contribution in [0.25, 0.3) is 0 Å². The van der Waals surface area contributed by atoms with Crippen LogP contribution in [0.15, 0.2) is 11.6 Å². The van der Waals surface area contributed by atoms with E-state index < -0.39 is 16.9 Å². The van der Waals surface area contributed by atoms with Gasteiger partial charge in [0.15, 0.2) is 11.5 Å². The van der Waals surface area contributed by atoms with Crippen LogP contribution in [-0.2, 0) is 4.74 Å². The van der Waals surface area contributed by atoms with E-state index in [2.05, 4.69) is 6.07 Å². The van der Waals surface area contributed by atoms with Gasteiger partial charge in [-0.25, -0.2) is 0 Å². The second-order valence-electron chi connectivity index (χ2n) is 4.89. The summed E-state index contributed by atoms with van der Waals surface area (Å²) in [5, 5.41) is 36.7. The van der Waals surface area contributed by atoms with Gasteiger partial charge in [0, 0.05) is 5.92 Å². The predicted molar refractivity (Wildman–Crippen MR) is 66.5 cm³/mol. The monoisotopic (exact) mass is 254 g/mol. The van der Waals surface area contributed by atoms with Crippen molar-refractivity contribution in [2.45, 2.75) is 32.8 Å². The number of nitriles is 3. The summed E-state index contributed by atoms with van der Waals surface area (Å²) in [7, 11) is 0. The molecule has 0 aromatic rings. The van der Waals surface area contributed by atoms with Gasteiger partial charge >= 0.3 is 0 Å². The molecular formula is C14H14N4O. The van der Waals surface area contributed by atoms with Crippen LogP contribution in [0.1, 0.15) is 26.7 Å². The van der Waals surface area contributed by atoms with Crippen LogP contribution < -0.4 is 0 Å². The number of hydrogen-bond acceptors (Lipinski definition) is 5. The summed E-state index contributed by atoms with van der Waals surface area (Å²) in [6, 6.07) is 6.04. The molecule has 19 heavy (non-hydrogen) atoms. The lowest BCUT2D eigenvalue weighted by atomic mass is 9.53. The summed E-state index contributed by atoms with van der Waals surface area (Å²) in [4.78, 5) is 0. The van der Waals surface area contributed by atoms with Crippen molar-refractivity contribution < 1.29 is 4.74 Å². The Balaban J connectivity index is 2.82. The highest BCUT2D eigenvalue weighted by molar-refractivity contribution is 5.90. The summed E-state index contributed by atoms with van der Waals surface area (Å²) in [5.74, 6) is -0.576. The third-order valence-corrected chi connectivity index (χ3v) is 4.29. The highest BCUT2D eigenvalue weighted by atomic mass is 16.5. The maximum Gasteiger partial charge on any atom is 0.211 e. The van der Waals surface area contributed by atoms with Crippen LogP contribution in [0.2, 0.25) is 0 Å². The maximum absolute atomic E-state index is 9.59. The first-order valence-electron chi connectivity index (χ1n) is 6.27. The normalized spacial score (nSPS) is 34.5. The van der Waals surface area contributed by atoms with Crippen molar-refractivity contribution in [3.63, 3.8) is 0 Å². The van der Waals surface area contributed by atoms with Crippen LogP contribution in [0.5, 0.6) is 0 Å². The molecule has 3 atom stereocenters. The van der Waals surface area contributed by atoms with E-state index in [0.717, 1.165) is 5.57 Å². The minimum Gasteiger partial charge on any atom is -0.469 e. The zero-order valence-corrected chi connectivity index (χ0v) is 10.9. The quantitative estimate of drug-likeness (QED) is 0.763. The van der Waals surface area contributed by atoms with Crippen LogP contribution in [-0.4, -0.2) is 12.0 Å². The molecule has 2 aliphatic rings. The van der Waals surface area contributed by atoms with E-state index in [1.807, 2.05) is 32.1 Å². The molecule has 0 aromatic heterocycles. The van der Waals surface area contributed by atoms with Crippen molar-refractivity contribution >= 4 is 5.90 Å². The van der Waals surface area contributed by atoms with Crippen LogP contribution in [0.3, 0.4) is 0 Å². The second kappa shape index (κ2) is 4.11. The lowest BCUT2D eigenvalue weighted by Crippen LogP contribution is -2.51. The van der Waals surface area contributed by atoms with E-state index in [-0.39, 0.29) is 11.8 Å². The van der Waals surface area contributed by atoms with E-state index in [1.165, 1.54) is 0 Å². The Kier molecular flexibility index (Phi) is 2.84. The molecule has 0 amide bonds. The second-order valence-corrected chi connectivity index (χ2v) is 4.89. The standard InChI is InChI=1S/C14H14N4O/c1-3-9-5-10(4-2)14(8-17)12(18)19-11(9)13(14,6-15)7-16/h5,10-11,18H,3-4H2,1-2H3/t10-,11+,14-/m0/s1. The Bertz CT molecular complexity index is 572. The van der Waals surface area contributed by atoms with E-state index in [1.54, 1.807) is 0 Å². The minimum atomic E-state index is -1.61. The average molecular weight is 254 g/mol. The third-order valence-electron chi connectivity index (χ3n) is 4.29. The van der Waals surface area contributed by atoms with Crippen LogP contribution >= 0.6 is 0 Å². The van der Waals surface area contributed by atoms with Crippen molar-refractivity contribution in [3.8, 4) is 18.2 Å². The van der Waals surface area contributed by atoms with Crippen molar-refractivity contribution in [2.24, 2.45) is 16.7 Å². The van der Waals surface area contributed by atoms with Crippen LogP contribution in [0.4, 0.5) is 0 Å². The zero-order valence-electron chi connectivity index (χ0n) is 10.9. The molecule has 1 aliphatic carbocycles. The van der Waals surface area contributed by atoms with Gasteiger partial charge in [0.1, 0.15) is 0 Å². The number of ether oxygens (including phenoxy) is 1. The van der Waals surface area contributed by atoms with Gasteiger partial charge in [0.25, 0.3) is 0 Å². The molecule has 2 bridgehead atoms. The van der Waals surface area contributed by atoms with E-state index >= 15 is 0 Å². The maximum atomic E-state index is 9.59. The smallest absolute Gasteiger partial charge is 0.211 e. The van der Waals surface area contributed by atoms with Gasteiger partial charge in [-0.2, -0.15) is 15.8 Å². The topological polar surface area (TPSA) is 104 Å². The molecule has 0 spiro atoms. The number of nitrogens with zero attached hydrogens (tertiary/aromatic N) is 3. The fourth-order valence-corrected chi connectivity index (χ4v) is 3.24. The first-order chi connectivity index (χ1) is 9.07. The van der Waals surface area contributed by atoms with Gasteiger partial charge < -0.3 is 4.74 Å². The van der Waals surface area contributed by atoms with Gasteiger partial charge in [0.2, 0.25) is 11.3 Å². The summed E-state index contributed by atoms with van der Waals surface area (Å²) >= 11 is 0. The first kappa shape index (κ1) is 13.1. The fraction of sp³-hybridized carbons (Fsp3) is 0.571. The third kappa shape index (κ3) is 1.19. The van der Waals surface area contributed by atoms with Crippen LogP contribution in [0, 0.1) is 56.2 Å². The Morgan fingerprint density at radius 2 is 1.89 bits per heavy atom. The Hall–Kier alpha value is -2.32. The predicted octanol–water partition coefficient (Wildman–Crippen LogP) is 2.28. The van der Waals surface area contributed by atoms with E-state index in [9.17, 15) is 15.8 Å². The van der Waals surface area contributed by atoms with E-state index in [0.29, 0.717) is 12.8 Å². The molecule has 1 heterocycles. The molecule has 0 aromatic carbocycles. The van der Waals surface area contributed by atoms with Gasteiger partial charge in [-0.1, -0.05) is 19.9 Å². The molecule has 0 saturated carbocycles. The van der Waals surface area contributed by atoms with E-state index in [4.69, 9.17) is 10.1 Å². The number of fused-ring (bicyclic) bond motifs is 2. The molecule has 1 N–H and O–H groups in total. The Morgan fingerprint density at radius 3 is 2.32 bits per heavy atom. The van der Waals surface area contributed by atoms with Gasteiger partial charge in [-0.15, -0.1) is 0 Å². The highest BCUT2D eigenvalue weighted by Gasteiger charge is 2.73. The first-order valence-corrected chi connectivity index (χ1v) is 6.27. The van der Waals surface area contributed by atoms with Gasteiger partial charge in [0.05, 0.1) is 18.2 Å². The Morgan fingerprint density at radius 1 is 1.26 bits per heavy atom. The molecule has 5 heteroatoms. The average Bonchev–Trinajstić information content (AvgIpc) is 2.62. The summed E-state index contributed by atoms with van der Waals surface area (Å²) in [6.45, 7) is 3.81. The zero-order chi connectivity index (χ0) is 14.3. The van der Waals surface area contributed by atoms with Crippen molar-refractivity contribution in [3.05, 3.63) is 11.6 Å². The molecule has 1 aliphatic heterocycles. The molecule has 0 radical (unpaired) electrons. The fourth-order valence-electron chi connectivity index (χ4n) is 3.24. The van der Waals surface area contributed by atoms with Gasteiger partial charge in [-0.3, -0.25) is 5.41 Å². The molecule has 96 valence electrons. The summed E-state index contributed by atoms with van der Waals surface area (Å²) < 4.78 is 5.46. The molecular weight excluding hydrogens is 240 g/mol. The number of hydrogen-bond donors (Lipinski definition) is 1. The summed E-state index contributed by atoms with van der Waals surface area (Å²) in [5.41, 5.74) is -2.25. The molecule has 5 nitrogen and oxygen atoms in total. The lowest BCUT2D eigenvalue weighted by molar-refractivity contribution is 0.147. The van der Waals surface area contributed by atoms with Crippen molar-refractivity contribution in [2.75, 3.05) is 0 Å². The summed E-state index contributed by atoms with van der Waals surface area (Å²) in [6.07, 6.45) is 2.35. The van der Waals surface area contributed by atoms with Crippen molar-refractivity contribution in [1.29, 1.82) is 21.2 Å².